The molecule has 2 aromatic rings. The quantitative estimate of drug-likeness (QED) is 0.631. The number of nitrogens with one attached hydrogen (secondary N) is 2. The maximum atomic E-state index is 14.5. The molecule has 9 nitrogen and oxygen atoms in total. The van der Waals surface area contributed by atoms with Gasteiger partial charge >= 0.3 is 0 Å². The van der Waals surface area contributed by atoms with Crippen molar-refractivity contribution in [2.75, 3.05) is 29.9 Å². The number of rotatable bonds is 6. The van der Waals surface area contributed by atoms with E-state index in [4.69, 9.17) is 0 Å². The third-order valence-electron chi connectivity index (χ3n) is 6.28. The molecule has 0 spiro atoms. The molecule has 0 aromatic carbocycles. The molecule has 3 heterocycles. The molecular weight excluding hydrogens is 403 g/mol. The molecule has 3 atom stereocenters. The van der Waals surface area contributed by atoms with E-state index < -0.39 is 40.9 Å². The van der Waals surface area contributed by atoms with Gasteiger partial charge in [0.05, 0.1) is 30.2 Å². The molecule has 0 bridgehead atoms. The lowest BCUT2D eigenvalue weighted by Gasteiger charge is -2.23. The first-order valence-electron chi connectivity index (χ1n) is 9.51. The summed E-state index contributed by atoms with van der Waals surface area (Å²) < 4.78 is 42.6. The lowest BCUT2D eigenvalue weighted by Crippen LogP contribution is -2.45. The summed E-state index contributed by atoms with van der Waals surface area (Å²) in [5.41, 5.74) is -0.951. The van der Waals surface area contributed by atoms with E-state index in [1.165, 1.54) is 0 Å². The Kier molecular flexibility index (Phi) is 3.86. The fourth-order valence-corrected chi connectivity index (χ4v) is 4.41. The standard InChI is InChI=1S/C18H20F3N7O2/c1-27-5-10(3-23-27)24-15-22-4-12(19)13(25-15)28-7-16(9-29)6-17(16,8-28)26-14(30)11-2-18(11,20)21/h3-5,11,29H,2,6-9H2,1H3,(H,26,30)(H,22,24,25)/t11-,16-,17+/m0/s1. The Morgan fingerprint density at radius 1 is 1.37 bits per heavy atom. The minimum Gasteiger partial charge on any atom is -0.396 e. The molecule has 0 radical (unpaired) electrons. The topological polar surface area (TPSA) is 108 Å². The first-order chi connectivity index (χ1) is 14.2. The van der Waals surface area contributed by atoms with Crippen molar-refractivity contribution in [2.45, 2.75) is 24.3 Å². The third-order valence-corrected chi connectivity index (χ3v) is 6.28. The second-order valence-electron chi connectivity index (χ2n) is 8.45. The largest absolute Gasteiger partial charge is 0.396 e. The van der Waals surface area contributed by atoms with Gasteiger partial charge in [0, 0.05) is 38.2 Å². The van der Waals surface area contributed by atoms with Crippen molar-refractivity contribution in [1.29, 1.82) is 0 Å². The van der Waals surface area contributed by atoms with Crippen molar-refractivity contribution in [1.82, 2.24) is 25.1 Å². The Labute approximate surface area is 169 Å². The molecule has 5 rings (SSSR count). The van der Waals surface area contributed by atoms with Gasteiger partial charge in [-0.15, -0.1) is 0 Å². The minimum atomic E-state index is -2.97. The van der Waals surface area contributed by atoms with Crippen LogP contribution in [0.5, 0.6) is 0 Å². The van der Waals surface area contributed by atoms with Crippen LogP contribution in [-0.4, -0.2) is 61.9 Å². The number of piperidine rings is 1. The summed E-state index contributed by atoms with van der Waals surface area (Å²) in [4.78, 5) is 22.0. The van der Waals surface area contributed by atoms with Gasteiger partial charge < -0.3 is 20.6 Å². The molecule has 0 unspecified atom stereocenters. The number of aliphatic hydroxyl groups excluding tert-OH is 1. The average molecular weight is 423 g/mol. The summed E-state index contributed by atoms with van der Waals surface area (Å²) in [6, 6.07) is 0. The minimum absolute atomic E-state index is 0.0155. The number of halogens is 3. The van der Waals surface area contributed by atoms with Crippen LogP contribution in [0.3, 0.4) is 0 Å². The molecule has 2 aromatic heterocycles. The maximum Gasteiger partial charge on any atom is 0.260 e. The number of fused-ring (bicyclic) bond motifs is 1. The number of hydrogen-bond donors (Lipinski definition) is 3. The molecule has 12 heteroatoms. The molecule has 1 aliphatic heterocycles. The Morgan fingerprint density at radius 3 is 2.77 bits per heavy atom. The highest BCUT2D eigenvalue weighted by molar-refractivity contribution is 5.84. The van der Waals surface area contributed by atoms with Crippen molar-refractivity contribution in [2.24, 2.45) is 18.4 Å². The van der Waals surface area contributed by atoms with Gasteiger partial charge in [0.25, 0.3) is 5.92 Å². The maximum absolute atomic E-state index is 14.5. The van der Waals surface area contributed by atoms with Crippen LogP contribution in [0, 0.1) is 17.2 Å². The summed E-state index contributed by atoms with van der Waals surface area (Å²) in [6.45, 7) is 0.154. The van der Waals surface area contributed by atoms with Crippen molar-refractivity contribution < 1.29 is 23.1 Å². The monoisotopic (exact) mass is 423 g/mol. The van der Waals surface area contributed by atoms with Crippen LogP contribution in [0.25, 0.3) is 0 Å². The van der Waals surface area contributed by atoms with Gasteiger partial charge in [0.15, 0.2) is 11.6 Å². The zero-order valence-electron chi connectivity index (χ0n) is 16.1. The van der Waals surface area contributed by atoms with Crippen LogP contribution in [0.15, 0.2) is 18.6 Å². The first-order valence-corrected chi connectivity index (χ1v) is 9.51. The lowest BCUT2D eigenvalue weighted by molar-refractivity contribution is -0.125. The van der Waals surface area contributed by atoms with E-state index in [-0.39, 0.29) is 31.5 Å². The third kappa shape index (κ3) is 2.89. The second-order valence-corrected chi connectivity index (χ2v) is 8.45. The molecule has 2 saturated carbocycles. The van der Waals surface area contributed by atoms with E-state index in [1.54, 1.807) is 29.0 Å². The van der Waals surface area contributed by atoms with Gasteiger partial charge in [0.1, 0.15) is 5.92 Å². The van der Waals surface area contributed by atoms with Crippen LogP contribution in [-0.2, 0) is 11.8 Å². The highest BCUT2D eigenvalue weighted by Gasteiger charge is 2.74. The average Bonchev–Trinajstić information content (AvgIpc) is 3.38. The lowest BCUT2D eigenvalue weighted by atomic mass is 10.0. The van der Waals surface area contributed by atoms with Crippen LogP contribution in [0.2, 0.25) is 0 Å². The molecule has 3 fully saturated rings. The van der Waals surface area contributed by atoms with Gasteiger partial charge in [-0.05, 0) is 6.42 Å². The number of anilines is 3. The first kappa shape index (κ1) is 19.1. The Morgan fingerprint density at radius 2 is 2.13 bits per heavy atom. The molecule has 1 amide bonds. The molecular formula is C18H20F3N7O2. The van der Waals surface area contributed by atoms with Crippen LogP contribution >= 0.6 is 0 Å². The number of nitrogens with zero attached hydrogens (tertiary/aromatic N) is 5. The van der Waals surface area contributed by atoms with E-state index >= 15 is 0 Å². The van der Waals surface area contributed by atoms with Gasteiger partial charge in [-0.3, -0.25) is 9.48 Å². The Bertz CT molecular complexity index is 1030. The smallest absolute Gasteiger partial charge is 0.260 e. The van der Waals surface area contributed by atoms with Crippen LogP contribution in [0.1, 0.15) is 12.8 Å². The zero-order chi connectivity index (χ0) is 21.3. The van der Waals surface area contributed by atoms with Crippen molar-refractivity contribution in [3.63, 3.8) is 0 Å². The van der Waals surface area contributed by atoms with E-state index in [1.807, 2.05) is 0 Å². The fraction of sp³-hybridized carbons (Fsp3) is 0.556. The van der Waals surface area contributed by atoms with E-state index in [2.05, 4.69) is 25.7 Å². The van der Waals surface area contributed by atoms with Crippen molar-refractivity contribution >= 4 is 23.4 Å². The molecule has 2 aliphatic carbocycles. The number of hydrogen-bond acceptors (Lipinski definition) is 7. The summed E-state index contributed by atoms with van der Waals surface area (Å²) in [5, 5.41) is 19.6. The number of aliphatic hydroxyl groups is 1. The van der Waals surface area contributed by atoms with Gasteiger partial charge in [-0.25, -0.2) is 18.2 Å². The summed E-state index contributed by atoms with van der Waals surface area (Å²) >= 11 is 0. The van der Waals surface area contributed by atoms with E-state index in [9.17, 15) is 23.1 Å². The number of aromatic nitrogens is 4. The number of alkyl halides is 2. The molecule has 160 valence electrons. The van der Waals surface area contributed by atoms with Gasteiger partial charge in [-0.2, -0.15) is 10.1 Å². The van der Waals surface area contributed by atoms with Crippen molar-refractivity contribution in [3.8, 4) is 0 Å². The molecule has 30 heavy (non-hydrogen) atoms. The number of carbonyl (C=O) groups is 1. The Hall–Kier alpha value is -2.89. The second kappa shape index (κ2) is 6.06. The number of aryl methyl sites for hydroxylation is 1. The fourth-order valence-electron chi connectivity index (χ4n) is 4.41. The molecule has 3 aliphatic rings. The van der Waals surface area contributed by atoms with Crippen LogP contribution < -0.4 is 15.5 Å². The number of amides is 1. The summed E-state index contributed by atoms with van der Waals surface area (Å²) in [5.74, 6) is -5.50. The molecule has 3 N–H and O–H groups in total. The SMILES string of the molecule is Cn1cc(Nc2ncc(F)c(N3C[C@]4(CO)C[C@@]4(NC(=O)[C@@H]4CC4(F)F)C3)n2)cn1. The summed E-state index contributed by atoms with van der Waals surface area (Å²) in [6.07, 6.45) is 4.29. The number of carbonyl (C=O) groups excluding carboxylic acids is 1. The highest BCUT2D eigenvalue weighted by Crippen LogP contribution is 2.62. The predicted octanol–water partition coefficient (Wildman–Crippen LogP) is 0.805. The van der Waals surface area contributed by atoms with E-state index in [0.29, 0.717) is 12.1 Å². The van der Waals surface area contributed by atoms with E-state index in [0.717, 1.165) is 6.20 Å². The van der Waals surface area contributed by atoms with Gasteiger partial charge in [-0.1, -0.05) is 0 Å². The summed E-state index contributed by atoms with van der Waals surface area (Å²) in [7, 11) is 1.75. The normalized spacial score (nSPS) is 30.7. The van der Waals surface area contributed by atoms with Gasteiger partial charge in [0.2, 0.25) is 11.9 Å². The Balaban J connectivity index is 1.35. The molecule has 1 saturated heterocycles. The van der Waals surface area contributed by atoms with Crippen LogP contribution in [0.4, 0.5) is 30.6 Å². The zero-order valence-corrected chi connectivity index (χ0v) is 16.1. The van der Waals surface area contributed by atoms with Crippen molar-refractivity contribution in [3.05, 3.63) is 24.4 Å². The predicted molar refractivity (Wildman–Crippen MR) is 98.8 cm³/mol. The highest BCUT2D eigenvalue weighted by atomic mass is 19.3.